The maximum Gasteiger partial charge on any atom is 0.228 e. The summed E-state index contributed by atoms with van der Waals surface area (Å²) in [7, 11) is 1.60. The summed E-state index contributed by atoms with van der Waals surface area (Å²) in [6.45, 7) is 0. The number of hydrogen-bond donors (Lipinski definition) is 1. The van der Waals surface area contributed by atoms with Gasteiger partial charge in [0, 0.05) is 11.6 Å². The molecule has 3 nitrogen and oxygen atoms in total. The van der Waals surface area contributed by atoms with Gasteiger partial charge in [-0.25, -0.2) is 4.98 Å². The van der Waals surface area contributed by atoms with Gasteiger partial charge in [0.15, 0.2) is 0 Å². The molecule has 1 N–H and O–H groups in total. The molecule has 0 atom stereocenters. The largest absolute Gasteiger partial charge is 0.480 e. The Morgan fingerprint density at radius 2 is 2.31 bits per heavy atom. The smallest absolute Gasteiger partial charge is 0.228 e. The molecular formula is C8H8BrClN2O. The minimum absolute atomic E-state index is 0. The zero-order valence-corrected chi connectivity index (χ0v) is 9.28. The lowest BCUT2D eigenvalue weighted by atomic mass is 10.3. The number of aromatic amines is 1. The highest BCUT2D eigenvalue weighted by atomic mass is 79.9. The molecule has 0 spiro atoms. The summed E-state index contributed by atoms with van der Waals surface area (Å²) in [5.41, 5.74) is 1.00. The molecule has 2 rings (SSSR count). The average molecular weight is 264 g/mol. The molecule has 0 fully saturated rings. The first kappa shape index (κ1) is 10.3. The monoisotopic (exact) mass is 262 g/mol. The van der Waals surface area contributed by atoms with Crippen LogP contribution < -0.4 is 4.74 Å². The lowest BCUT2D eigenvalue weighted by molar-refractivity contribution is 0.396. The van der Waals surface area contributed by atoms with E-state index in [0.29, 0.717) is 5.88 Å². The number of halogens is 2. The third-order valence-electron chi connectivity index (χ3n) is 1.71. The maximum absolute atomic E-state index is 5.05. The highest BCUT2D eigenvalue weighted by Crippen LogP contribution is 2.29. The quantitative estimate of drug-likeness (QED) is 0.859. The van der Waals surface area contributed by atoms with Crippen LogP contribution in [0.1, 0.15) is 0 Å². The summed E-state index contributed by atoms with van der Waals surface area (Å²) < 4.78 is 5.94. The number of nitrogens with zero attached hydrogens (tertiary/aromatic N) is 1. The van der Waals surface area contributed by atoms with Crippen LogP contribution >= 0.6 is 28.3 Å². The normalized spacial score (nSPS) is 9.69. The number of pyridine rings is 1. The van der Waals surface area contributed by atoms with Crippen molar-refractivity contribution in [2.24, 2.45) is 0 Å². The van der Waals surface area contributed by atoms with Gasteiger partial charge in [-0.15, -0.1) is 12.4 Å². The van der Waals surface area contributed by atoms with E-state index < -0.39 is 0 Å². The zero-order valence-electron chi connectivity index (χ0n) is 6.87. The highest BCUT2D eigenvalue weighted by Gasteiger charge is 2.06. The molecule has 2 aromatic rings. The Labute approximate surface area is 90.0 Å². The fraction of sp³-hybridized carbons (Fsp3) is 0.125. The van der Waals surface area contributed by atoms with Crippen molar-refractivity contribution in [3.63, 3.8) is 0 Å². The van der Waals surface area contributed by atoms with E-state index in [1.807, 2.05) is 12.3 Å². The molecule has 0 aliphatic heterocycles. The van der Waals surface area contributed by atoms with Crippen molar-refractivity contribution in [2.75, 3.05) is 7.11 Å². The summed E-state index contributed by atoms with van der Waals surface area (Å²) in [6.07, 6.45) is 3.62. The number of methoxy groups -OCH3 is 1. The van der Waals surface area contributed by atoms with E-state index in [0.717, 1.165) is 15.4 Å². The molecule has 0 radical (unpaired) electrons. The molecule has 0 amide bonds. The predicted molar refractivity (Wildman–Crippen MR) is 57.6 cm³/mol. The van der Waals surface area contributed by atoms with E-state index in [1.54, 1.807) is 13.3 Å². The fourth-order valence-corrected chi connectivity index (χ4v) is 1.73. The van der Waals surface area contributed by atoms with Gasteiger partial charge in [-0.2, -0.15) is 0 Å². The van der Waals surface area contributed by atoms with Gasteiger partial charge in [0.05, 0.1) is 23.3 Å². The van der Waals surface area contributed by atoms with Gasteiger partial charge in [-0.3, -0.25) is 0 Å². The second-order valence-electron chi connectivity index (χ2n) is 2.39. The molecule has 0 aromatic carbocycles. The molecule has 70 valence electrons. The lowest BCUT2D eigenvalue weighted by Crippen LogP contribution is -1.88. The SMILES string of the molecule is COc1ncc2[nH]ccc2c1Br.Cl. The minimum Gasteiger partial charge on any atom is -0.480 e. The van der Waals surface area contributed by atoms with Crippen molar-refractivity contribution >= 4 is 39.2 Å². The van der Waals surface area contributed by atoms with Crippen molar-refractivity contribution in [3.05, 3.63) is 22.9 Å². The van der Waals surface area contributed by atoms with Crippen molar-refractivity contribution < 1.29 is 4.74 Å². The van der Waals surface area contributed by atoms with Crippen LogP contribution in [0.2, 0.25) is 0 Å². The Kier molecular flexibility index (Phi) is 3.17. The van der Waals surface area contributed by atoms with Crippen LogP contribution in [-0.4, -0.2) is 17.1 Å². The summed E-state index contributed by atoms with van der Waals surface area (Å²) in [5, 5.41) is 1.09. The van der Waals surface area contributed by atoms with Crippen LogP contribution in [-0.2, 0) is 0 Å². The van der Waals surface area contributed by atoms with Crippen LogP contribution in [0.3, 0.4) is 0 Å². The lowest BCUT2D eigenvalue weighted by Gasteiger charge is -2.01. The number of H-pyrrole nitrogens is 1. The first-order chi connectivity index (χ1) is 5.83. The maximum atomic E-state index is 5.05. The first-order valence-corrected chi connectivity index (χ1v) is 4.28. The molecule has 0 aliphatic carbocycles. The van der Waals surface area contributed by atoms with E-state index >= 15 is 0 Å². The van der Waals surface area contributed by atoms with Gasteiger partial charge < -0.3 is 9.72 Å². The number of fused-ring (bicyclic) bond motifs is 1. The van der Waals surface area contributed by atoms with Crippen molar-refractivity contribution in [2.45, 2.75) is 0 Å². The van der Waals surface area contributed by atoms with Gasteiger partial charge in [-0.05, 0) is 22.0 Å². The Morgan fingerprint density at radius 3 is 3.00 bits per heavy atom. The van der Waals surface area contributed by atoms with Crippen LogP contribution in [0.5, 0.6) is 5.88 Å². The molecule has 0 saturated heterocycles. The zero-order chi connectivity index (χ0) is 8.55. The Hall–Kier alpha value is -0.740. The summed E-state index contributed by atoms with van der Waals surface area (Å²) in [6, 6.07) is 1.98. The Morgan fingerprint density at radius 1 is 1.54 bits per heavy atom. The van der Waals surface area contributed by atoms with Crippen LogP contribution in [0.4, 0.5) is 0 Å². The summed E-state index contributed by atoms with van der Waals surface area (Å²) >= 11 is 3.41. The number of aromatic nitrogens is 2. The predicted octanol–water partition coefficient (Wildman–Crippen LogP) is 2.76. The molecule has 2 aromatic heterocycles. The second kappa shape index (κ2) is 3.98. The highest BCUT2D eigenvalue weighted by molar-refractivity contribution is 9.10. The molecular weight excluding hydrogens is 255 g/mol. The standard InChI is InChI=1S/C8H7BrN2O.ClH/c1-12-8-7(9)5-2-3-10-6(5)4-11-8;/h2-4,10H,1H3;1H. The van der Waals surface area contributed by atoms with Crippen molar-refractivity contribution in [1.29, 1.82) is 0 Å². The number of nitrogens with one attached hydrogen (secondary N) is 1. The van der Waals surface area contributed by atoms with Crippen LogP contribution in [0, 0.1) is 0 Å². The molecule has 13 heavy (non-hydrogen) atoms. The van der Waals surface area contributed by atoms with E-state index in [4.69, 9.17) is 4.74 Å². The van der Waals surface area contributed by atoms with Crippen molar-refractivity contribution in [1.82, 2.24) is 9.97 Å². The third-order valence-corrected chi connectivity index (χ3v) is 2.47. The molecule has 5 heteroatoms. The fourth-order valence-electron chi connectivity index (χ4n) is 1.12. The summed E-state index contributed by atoms with van der Waals surface area (Å²) in [5.74, 6) is 0.613. The van der Waals surface area contributed by atoms with Crippen molar-refractivity contribution in [3.8, 4) is 5.88 Å². The molecule has 0 saturated carbocycles. The van der Waals surface area contributed by atoms with Gasteiger partial charge in [0.1, 0.15) is 0 Å². The molecule has 0 aliphatic rings. The first-order valence-electron chi connectivity index (χ1n) is 3.48. The van der Waals surface area contributed by atoms with Gasteiger partial charge in [0.2, 0.25) is 5.88 Å². The minimum atomic E-state index is 0. The summed E-state index contributed by atoms with van der Waals surface area (Å²) in [4.78, 5) is 7.16. The number of ether oxygens (including phenoxy) is 1. The molecule has 0 unspecified atom stereocenters. The Balaban J connectivity index is 0.000000845. The number of hydrogen-bond acceptors (Lipinski definition) is 2. The third kappa shape index (κ3) is 1.64. The van der Waals surface area contributed by atoms with E-state index in [2.05, 4.69) is 25.9 Å². The van der Waals surface area contributed by atoms with Gasteiger partial charge >= 0.3 is 0 Å². The second-order valence-corrected chi connectivity index (χ2v) is 3.18. The number of rotatable bonds is 1. The van der Waals surface area contributed by atoms with Gasteiger partial charge in [-0.1, -0.05) is 0 Å². The van der Waals surface area contributed by atoms with Gasteiger partial charge in [0.25, 0.3) is 0 Å². The Bertz CT molecular complexity index is 415. The van der Waals surface area contributed by atoms with E-state index in [9.17, 15) is 0 Å². The van der Waals surface area contributed by atoms with Crippen LogP contribution in [0.15, 0.2) is 22.9 Å². The molecule has 2 heterocycles. The topological polar surface area (TPSA) is 37.9 Å². The average Bonchev–Trinajstić information content (AvgIpc) is 2.53. The molecule has 0 bridgehead atoms. The van der Waals surface area contributed by atoms with E-state index in [1.165, 1.54) is 0 Å². The van der Waals surface area contributed by atoms with Crippen LogP contribution in [0.25, 0.3) is 10.9 Å². The van der Waals surface area contributed by atoms with E-state index in [-0.39, 0.29) is 12.4 Å².